The molecule has 0 atom stereocenters. The van der Waals surface area contributed by atoms with Crippen LogP contribution in [-0.4, -0.2) is 10.9 Å². The number of hydrogen-bond donors (Lipinski definition) is 0. The Labute approximate surface area is 178 Å². The molecule has 1 aromatic rings. The molecule has 3 heteroatoms. The Morgan fingerprint density at radius 3 is 1.64 bits per heavy atom. The highest BCUT2D eigenvalue weighted by Crippen LogP contribution is 2.15. The first-order valence-electron chi connectivity index (χ1n) is 11.9. The van der Waals surface area contributed by atoms with Gasteiger partial charge in [-0.25, -0.2) is 4.57 Å². The summed E-state index contributed by atoms with van der Waals surface area (Å²) in [5.74, 6) is 0.881. The van der Waals surface area contributed by atoms with Crippen LogP contribution in [0.4, 0.5) is 0 Å². The third-order valence-electron chi connectivity index (χ3n) is 5.37. The summed E-state index contributed by atoms with van der Waals surface area (Å²) in [6.45, 7) is 3.20. The summed E-state index contributed by atoms with van der Waals surface area (Å²) >= 11 is 1.50. The Kier molecular flexibility index (Phi) is 17.5. The van der Waals surface area contributed by atoms with Crippen LogP contribution in [-0.2, 0) is 11.3 Å². The van der Waals surface area contributed by atoms with Crippen molar-refractivity contribution in [3.8, 4) is 0 Å². The van der Waals surface area contributed by atoms with E-state index in [-0.39, 0.29) is 0 Å². The van der Waals surface area contributed by atoms with E-state index >= 15 is 0 Å². The molecule has 160 valence electrons. The number of aryl methyl sites for hydroxylation is 1. The third kappa shape index (κ3) is 16.2. The second-order valence-corrected chi connectivity index (χ2v) is 9.19. The quantitative estimate of drug-likeness (QED) is 0.175. The molecule has 1 aromatic heterocycles. The van der Waals surface area contributed by atoms with Gasteiger partial charge in [-0.3, -0.25) is 4.79 Å². The first kappa shape index (κ1) is 25.2. The molecule has 0 saturated heterocycles. The van der Waals surface area contributed by atoms with E-state index in [4.69, 9.17) is 0 Å². The number of thioether (sulfide) groups is 1. The average Bonchev–Trinajstić information content (AvgIpc) is 2.71. The number of aromatic nitrogens is 1. The van der Waals surface area contributed by atoms with Crippen LogP contribution in [0.5, 0.6) is 0 Å². The van der Waals surface area contributed by atoms with Gasteiger partial charge in [0, 0.05) is 18.6 Å². The number of nitrogens with zero attached hydrogens (tertiary/aromatic N) is 1. The summed E-state index contributed by atoms with van der Waals surface area (Å²) in [7, 11) is 0. The lowest BCUT2D eigenvalue weighted by Gasteiger charge is -2.03. The van der Waals surface area contributed by atoms with Crippen LogP contribution in [0.25, 0.3) is 0 Å². The minimum atomic E-state index is 0.367. The molecule has 1 heterocycles. The van der Waals surface area contributed by atoms with E-state index in [0.717, 1.165) is 25.1 Å². The van der Waals surface area contributed by atoms with E-state index in [1.54, 1.807) is 0 Å². The van der Waals surface area contributed by atoms with Gasteiger partial charge >= 0.3 is 0 Å². The summed E-state index contributed by atoms with van der Waals surface area (Å²) in [5.41, 5.74) is 0. The molecule has 0 radical (unpaired) electrons. The first-order valence-corrected chi connectivity index (χ1v) is 12.9. The van der Waals surface area contributed by atoms with Gasteiger partial charge < -0.3 is 0 Å². The van der Waals surface area contributed by atoms with Crippen molar-refractivity contribution < 1.29 is 9.36 Å². The molecule has 0 aromatic carbocycles. The van der Waals surface area contributed by atoms with Crippen LogP contribution in [0.3, 0.4) is 0 Å². The monoisotopic (exact) mass is 406 g/mol. The van der Waals surface area contributed by atoms with Gasteiger partial charge in [0.25, 0.3) is 0 Å². The summed E-state index contributed by atoms with van der Waals surface area (Å²) in [6.07, 6.45) is 25.4. The van der Waals surface area contributed by atoms with Crippen molar-refractivity contribution in [2.24, 2.45) is 0 Å². The van der Waals surface area contributed by atoms with Crippen molar-refractivity contribution in [1.82, 2.24) is 0 Å². The molecule has 0 spiro atoms. The molecule has 2 nitrogen and oxygen atoms in total. The van der Waals surface area contributed by atoms with Crippen LogP contribution in [0, 0.1) is 0 Å². The molecule has 0 fully saturated rings. The van der Waals surface area contributed by atoms with E-state index < -0.39 is 0 Å². The predicted molar refractivity (Wildman–Crippen MR) is 124 cm³/mol. The summed E-state index contributed by atoms with van der Waals surface area (Å²) in [6, 6.07) is 6.08. The molecule has 0 amide bonds. The Morgan fingerprint density at radius 1 is 0.679 bits per heavy atom. The maximum atomic E-state index is 11.9. The molecule has 0 aliphatic rings. The highest BCUT2D eigenvalue weighted by molar-refractivity contribution is 8.13. The Hall–Kier alpha value is -0.830. The van der Waals surface area contributed by atoms with E-state index in [0.29, 0.717) is 5.12 Å². The number of hydrogen-bond acceptors (Lipinski definition) is 2. The van der Waals surface area contributed by atoms with Crippen molar-refractivity contribution >= 4 is 16.9 Å². The highest BCUT2D eigenvalue weighted by atomic mass is 32.2. The van der Waals surface area contributed by atoms with Crippen LogP contribution in [0.2, 0.25) is 0 Å². The minimum absolute atomic E-state index is 0.367. The van der Waals surface area contributed by atoms with Crippen LogP contribution in [0.15, 0.2) is 30.6 Å². The van der Waals surface area contributed by atoms with Gasteiger partial charge in [0.05, 0.1) is 5.75 Å². The van der Waals surface area contributed by atoms with Gasteiger partial charge in [0.2, 0.25) is 0 Å². The topological polar surface area (TPSA) is 20.9 Å². The van der Waals surface area contributed by atoms with Crippen molar-refractivity contribution in [2.45, 2.75) is 116 Å². The normalized spacial score (nSPS) is 11.0. The number of unbranched alkanes of at least 4 members (excludes halogenated alkanes) is 14. The highest BCUT2D eigenvalue weighted by Gasteiger charge is 2.05. The lowest BCUT2D eigenvalue weighted by Crippen LogP contribution is -2.33. The van der Waals surface area contributed by atoms with E-state index in [2.05, 4.69) is 23.9 Å². The van der Waals surface area contributed by atoms with Gasteiger partial charge in [-0.2, -0.15) is 0 Å². The van der Waals surface area contributed by atoms with Crippen LogP contribution < -0.4 is 4.57 Å². The fourth-order valence-corrected chi connectivity index (χ4v) is 4.38. The fraction of sp³-hybridized carbons (Fsp3) is 0.760. The molecule has 0 saturated carbocycles. The summed E-state index contributed by atoms with van der Waals surface area (Å²) in [5, 5.41) is 0.367. The number of carbonyl (C=O) groups excluding carboxylic acids is 1. The number of pyridine rings is 1. The van der Waals surface area contributed by atoms with Gasteiger partial charge in [-0.15, -0.1) is 0 Å². The zero-order valence-corrected chi connectivity index (χ0v) is 19.2. The maximum absolute atomic E-state index is 11.9. The van der Waals surface area contributed by atoms with Crippen molar-refractivity contribution in [1.29, 1.82) is 0 Å². The van der Waals surface area contributed by atoms with E-state index in [1.807, 2.05) is 18.2 Å². The largest absolute Gasteiger partial charge is 0.287 e. The molecular formula is C25H44NOS+. The van der Waals surface area contributed by atoms with Crippen LogP contribution in [0.1, 0.15) is 110 Å². The minimum Gasteiger partial charge on any atom is -0.287 e. The molecule has 0 bridgehead atoms. The van der Waals surface area contributed by atoms with Gasteiger partial charge in [-0.1, -0.05) is 115 Å². The molecule has 0 aliphatic carbocycles. The molecule has 0 aliphatic heterocycles. The average molecular weight is 407 g/mol. The van der Waals surface area contributed by atoms with Crippen molar-refractivity contribution in [3.63, 3.8) is 0 Å². The first-order chi connectivity index (χ1) is 13.8. The lowest BCUT2D eigenvalue weighted by atomic mass is 10.0. The van der Waals surface area contributed by atoms with Gasteiger partial charge in [0.15, 0.2) is 24.1 Å². The smallest absolute Gasteiger partial charge is 0.189 e. The maximum Gasteiger partial charge on any atom is 0.189 e. The molecule has 0 N–H and O–H groups in total. The van der Waals surface area contributed by atoms with Crippen molar-refractivity contribution in [2.75, 3.05) is 5.75 Å². The fourth-order valence-electron chi connectivity index (χ4n) is 3.56. The molecular weight excluding hydrogens is 362 g/mol. The zero-order chi connectivity index (χ0) is 20.1. The molecule has 1 rings (SSSR count). The Morgan fingerprint density at radius 2 is 1.14 bits per heavy atom. The second kappa shape index (κ2) is 19.5. The van der Waals surface area contributed by atoms with Gasteiger partial charge in [-0.05, 0) is 6.42 Å². The SMILES string of the molecule is CCCCCCCCCCCCCCCCCC(=O)SCC[n+]1ccccc1. The van der Waals surface area contributed by atoms with E-state index in [1.165, 1.54) is 102 Å². The lowest BCUT2D eigenvalue weighted by molar-refractivity contribution is -0.692. The van der Waals surface area contributed by atoms with E-state index in [9.17, 15) is 4.79 Å². The number of carbonyl (C=O) groups is 1. The van der Waals surface area contributed by atoms with Gasteiger partial charge in [0.1, 0.15) is 0 Å². The Bertz CT molecular complexity index is 463. The Balaban J connectivity index is 1.76. The number of rotatable bonds is 19. The molecule has 0 unspecified atom stereocenters. The second-order valence-electron chi connectivity index (χ2n) is 8.03. The predicted octanol–water partition coefficient (Wildman–Crippen LogP) is 7.50. The third-order valence-corrected chi connectivity index (χ3v) is 6.29. The van der Waals surface area contributed by atoms with Crippen LogP contribution >= 0.6 is 11.8 Å². The molecule has 28 heavy (non-hydrogen) atoms. The standard InChI is InChI=1S/C25H44NOS/c1-2-3-4-5-6-7-8-9-10-11-12-13-14-15-17-20-25(27)28-24-23-26-21-18-16-19-22-26/h16,18-19,21-22H,2-15,17,20,23-24H2,1H3/q+1. The van der Waals surface area contributed by atoms with Crippen molar-refractivity contribution in [3.05, 3.63) is 30.6 Å². The summed E-state index contributed by atoms with van der Waals surface area (Å²) in [4.78, 5) is 11.9. The summed E-state index contributed by atoms with van der Waals surface area (Å²) < 4.78 is 2.13. The zero-order valence-electron chi connectivity index (χ0n) is 18.4.